The van der Waals surface area contributed by atoms with Crippen molar-refractivity contribution in [3.05, 3.63) is 47.9 Å². The Labute approximate surface area is 213 Å². The number of nitrogens with one attached hydrogen (secondary N) is 1. The Bertz CT molecular complexity index is 836. The van der Waals surface area contributed by atoms with Gasteiger partial charge in [0.05, 0.1) is 18.9 Å². The van der Waals surface area contributed by atoms with E-state index < -0.39 is 0 Å². The van der Waals surface area contributed by atoms with Gasteiger partial charge >= 0.3 is 0 Å². The number of aliphatic imine (C=N–C) groups is 1. The van der Waals surface area contributed by atoms with E-state index in [0.29, 0.717) is 13.2 Å². The van der Waals surface area contributed by atoms with Gasteiger partial charge in [0.25, 0.3) is 0 Å². The fourth-order valence-corrected chi connectivity index (χ4v) is 4.04. The third-order valence-electron chi connectivity index (χ3n) is 5.89. The molecule has 0 aliphatic carbocycles. The average Bonchev–Trinajstić information content (AvgIpc) is 3.35. The van der Waals surface area contributed by atoms with E-state index in [0.717, 1.165) is 83.0 Å². The molecule has 4 rings (SSSR count). The van der Waals surface area contributed by atoms with Crippen LogP contribution in [0.25, 0.3) is 0 Å². The Balaban J connectivity index is 0.00000306. The maximum Gasteiger partial charge on any atom is 0.194 e. The predicted molar refractivity (Wildman–Crippen MR) is 138 cm³/mol. The number of benzene rings is 1. The Kier molecular flexibility index (Phi) is 10.7. The summed E-state index contributed by atoms with van der Waals surface area (Å²) in [6, 6.07) is 10.2. The monoisotopic (exact) mass is 570 g/mol. The molecule has 2 aliphatic heterocycles. The summed E-state index contributed by atoms with van der Waals surface area (Å²) in [5, 5.41) is 7.51. The minimum atomic E-state index is 0. The zero-order valence-corrected chi connectivity index (χ0v) is 21.6. The molecule has 1 N–H and O–H groups in total. The van der Waals surface area contributed by atoms with Crippen molar-refractivity contribution in [3.8, 4) is 5.75 Å². The van der Waals surface area contributed by atoms with Crippen molar-refractivity contribution in [3.63, 3.8) is 0 Å². The highest BCUT2D eigenvalue weighted by Gasteiger charge is 2.20. The number of nitrogens with zero attached hydrogens (tertiary/aromatic N) is 5. The summed E-state index contributed by atoms with van der Waals surface area (Å²) in [7, 11) is 1.84. The second-order valence-electron chi connectivity index (χ2n) is 8.10. The predicted octanol–water partition coefficient (Wildman–Crippen LogP) is 1.90. The number of morpholine rings is 1. The smallest absolute Gasteiger partial charge is 0.194 e. The van der Waals surface area contributed by atoms with Crippen molar-refractivity contribution in [2.24, 2.45) is 4.99 Å². The average molecular weight is 570 g/mol. The summed E-state index contributed by atoms with van der Waals surface area (Å²) < 4.78 is 16.3. The largest absolute Gasteiger partial charge is 0.492 e. The molecule has 1 aromatic heterocycles. The van der Waals surface area contributed by atoms with Crippen LogP contribution in [-0.4, -0.2) is 98.5 Å². The molecule has 2 fully saturated rings. The first kappa shape index (κ1) is 25.7. The maximum atomic E-state index is 5.99. The molecular formula is C23H35IN6O3. The second-order valence-corrected chi connectivity index (χ2v) is 8.10. The van der Waals surface area contributed by atoms with Crippen LogP contribution in [0.4, 0.5) is 0 Å². The Morgan fingerprint density at radius 1 is 1.09 bits per heavy atom. The number of ether oxygens (including phenoxy) is 2. The van der Waals surface area contributed by atoms with Gasteiger partial charge in [-0.3, -0.25) is 14.8 Å². The SMILES string of the molecule is CN=C(NCc1cccc(OCCN2CCOCC2)c1)N1CCN(Cc2ccon2)CC1.I. The first-order valence-corrected chi connectivity index (χ1v) is 11.4. The van der Waals surface area contributed by atoms with Gasteiger partial charge in [-0.15, -0.1) is 24.0 Å². The molecule has 0 amide bonds. The van der Waals surface area contributed by atoms with Gasteiger partial charge in [0.1, 0.15) is 18.6 Å². The van der Waals surface area contributed by atoms with Crippen LogP contribution in [0.15, 0.2) is 46.1 Å². The molecule has 3 heterocycles. The molecule has 2 aromatic rings. The quantitative estimate of drug-likeness (QED) is 0.293. The molecule has 0 spiro atoms. The van der Waals surface area contributed by atoms with E-state index in [1.54, 1.807) is 6.26 Å². The van der Waals surface area contributed by atoms with Crippen molar-refractivity contribution in [2.45, 2.75) is 13.1 Å². The lowest BCUT2D eigenvalue weighted by atomic mass is 10.2. The lowest BCUT2D eigenvalue weighted by molar-refractivity contribution is 0.0322. The van der Waals surface area contributed by atoms with Crippen LogP contribution < -0.4 is 10.1 Å². The number of halogens is 1. The highest BCUT2D eigenvalue weighted by atomic mass is 127. The second kappa shape index (κ2) is 13.7. The molecule has 1 aromatic carbocycles. The maximum absolute atomic E-state index is 5.99. The summed E-state index contributed by atoms with van der Waals surface area (Å²) in [5.41, 5.74) is 2.16. The third-order valence-corrected chi connectivity index (χ3v) is 5.89. The van der Waals surface area contributed by atoms with Crippen molar-refractivity contribution in [1.29, 1.82) is 0 Å². The standard InChI is InChI=1S/C23H34N6O3.HI/c1-24-23(29-8-6-28(7-9-29)19-21-5-13-32-26-21)25-18-20-3-2-4-22(17-20)31-16-12-27-10-14-30-15-11-27;/h2-5,13,17H,6-12,14-16,18-19H2,1H3,(H,24,25);1H. The number of hydrogen-bond donors (Lipinski definition) is 1. The van der Waals surface area contributed by atoms with Crippen molar-refractivity contribution < 1.29 is 14.0 Å². The number of piperazine rings is 1. The molecule has 2 aliphatic rings. The highest BCUT2D eigenvalue weighted by molar-refractivity contribution is 14.0. The van der Waals surface area contributed by atoms with Crippen molar-refractivity contribution in [2.75, 3.05) is 72.7 Å². The van der Waals surface area contributed by atoms with Gasteiger partial charge in [0.2, 0.25) is 0 Å². The topological polar surface area (TPSA) is 78.6 Å². The third kappa shape index (κ3) is 8.13. The van der Waals surface area contributed by atoms with Crippen LogP contribution in [0.1, 0.15) is 11.3 Å². The summed E-state index contributed by atoms with van der Waals surface area (Å²) in [4.78, 5) is 11.6. The molecule has 0 radical (unpaired) electrons. The molecule has 10 heteroatoms. The van der Waals surface area contributed by atoms with Crippen LogP contribution >= 0.6 is 24.0 Å². The first-order valence-electron chi connectivity index (χ1n) is 11.4. The molecule has 0 saturated carbocycles. The van der Waals surface area contributed by atoms with Crippen LogP contribution in [0, 0.1) is 0 Å². The normalized spacial score (nSPS) is 18.1. The first-order chi connectivity index (χ1) is 15.8. The van der Waals surface area contributed by atoms with E-state index in [9.17, 15) is 0 Å². The summed E-state index contributed by atoms with van der Waals surface area (Å²) >= 11 is 0. The molecule has 0 bridgehead atoms. The Morgan fingerprint density at radius 3 is 2.64 bits per heavy atom. The number of guanidine groups is 1. The molecule has 0 atom stereocenters. The van der Waals surface area contributed by atoms with Gasteiger partial charge in [0.15, 0.2) is 5.96 Å². The van der Waals surface area contributed by atoms with E-state index in [2.05, 4.69) is 42.3 Å². The minimum absolute atomic E-state index is 0. The zero-order valence-electron chi connectivity index (χ0n) is 19.3. The van der Waals surface area contributed by atoms with Crippen molar-refractivity contribution >= 4 is 29.9 Å². The van der Waals surface area contributed by atoms with Crippen LogP contribution in [0.5, 0.6) is 5.75 Å². The van der Waals surface area contributed by atoms with Gasteiger partial charge in [-0.2, -0.15) is 0 Å². The van der Waals surface area contributed by atoms with E-state index >= 15 is 0 Å². The lowest BCUT2D eigenvalue weighted by Gasteiger charge is -2.36. The minimum Gasteiger partial charge on any atom is -0.492 e. The molecule has 182 valence electrons. The number of aromatic nitrogens is 1. The molecule has 0 unspecified atom stereocenters. The van der Waals surface area contributed by atoms with E-state index in [-0.39, 0.29) is 24.0 Å². The summed E-state index contributed by atoms with van der Waals surface area (Å²) in [6.45, 7) is 10.6. The molecule has 2 saturated heterocycles. The van der Waals surface area contributed by atoms with E-state index in [4.69, 9.17) is 14.0 Å². The molecular weight excluding hydrogens is 535 g/mol. The Hall–Kier alpha value is -1.89. The van der Waals surface area contributed by atoms with Gasteiger partial charge in [0, 0.05) is 72.0 Å². The van der Waals surface area contributed by atoms with Crippen LogP contribution in [0.2, 0.25) is 0 Å². The van der Waals surface area contributed by atoms with Gasteiger partial charge in [-0.25, -0.2) is 0 Å². The zero-order chi connectivity index (χ0) is 22.0. The van der Waals surface area contributed by atoms with E-state index in [1.165, 1.54) is 5.56 Å². The lowest BCUT2D eigenvalue weighted by Crippen LogP contribution is -2.52. The highest BCUT2D eigenvalue weighted by Crippen LogP contribution is 2.14. The van der Waals surface area contributed by atoms with E-state index in [1.807, 2.05) is 25.2 Å². The Morgan fingerprint density at radius 2 is 1.91 bits per heavy atom. The molecule has 33 heavy (non-hydrogen) atoms. The number of rotatable bonds is 8. The van der Waals surface area contributed by atoms with Crippen molar-refractivity contribution in [1.82, 2.24) is 25.2 Å². The van der Waals surface area contributed by atoms with Crippen LogP contribution in [-0.2, 0) is 17.8 Å². The fraction of sp³-hybridized carbons (Fsp3) is 0.565. The fourth-order valence-electron chi connectivity index (χ4n) is 4.04. The van der Waals surface area contributed by atoms with Gasteiger partial charge in [-0.05, 0) is 17.7 Å². The van der Waals surface area contributed by atoms with Crippen LogP contribution in [0.3, 0.4) is 0 Å². The summed E-state index contributed by atoms with van der Waals surface area (Å²) in [6.07, 6.45) is 1.63. The van der Waals surface area contributed by atoms with Gasteiger partial charge in [-0.1, -0.05) is 17.3 Å². The number of hydrogen-bond acceptors (Lipinski definition) is 7. The molecule has 9 nitrogen and oxygen atoms in total. The summed E-state index contributed by atoms with van der Waals surface area (Å²) in [5.74, 6) is 1.85. The van der Waals surface area contributed by atoms with Gasteiger partial charge < -0.3 is 24.2 Å².